The summed E-state index contributed by atoms with van der Waals surface area (Å²) in [5.41, 5.74) is 1.91. The van der Waals surface area contributed by atoms with Crippen LogP contribution in [-0.4, -0.2) is 30.5 Å². The summed E-state index contributed by atoms with van der Waals surface area (Å²) in [5, 5.41) is 22.9. The summed E-state index contributed by atoms with van der Waals surface area (Å²) in [7, 11) is 1.61. The van der Waals surface area contributed by atoms with E-state index in [9.17, 15) is 10.2 Å². The lowest BCUT2D eigenvalue weighted by atomic mass is 10.0. The van der Waals surface area contributed by atoms with Crippen LogP contribution in [-0.2, 0) is 0 Å². The van der Waals surface area contributed by atoms with Gasteiger partial charge in [0, 0.05) is 19.2 Å². The average molecular weight is 301 g/mol. The maximum Gasteiger partial charge on any atom is 0.119 e. The quantitative estimate of drug-likeness (QED) is 0.701. The van der Waals surface area contributed by atoms with Gasteiger partial charge < -0.3 is 20.3 Å². The Morgan fingerprint density at radius 2 is 1.77 bits per heavy atom. The number of aliphatic hydroxyl groups excluding tert-OH is 2. The third-order valence-electron chi connectivity index (χ3n) is 3.66. The molecule has 0 saturated carbocycles. The molecule has 2 unspecified atom stereocenters. The largest absolute Gasteiger partial charge is 0.497 e. The zero-order valence-electron chi connectivity index (χ0n) is 12.8. The van der Waals surface area contributed by atoms with Crippen LogP contribution in [0.3, 0.4) is 0 Å². The van der Waals surface area contributed by atoms with Crippen LogP contribution in [0.15, 0.2) is 54.6 Å². The normalized spacial score (nSPS) is 13.6. The third-order valence-corrected chi connectivity index (χ3v) is 3.66. The van der Waals surface area contributed by atoms with E-state index in [1.165, 1.54) is 0 Å². The molecule has 2 aromatic carbocycles. The molecule has 0 heterocycles. The Morgan fingerprint density at radius 3 is 2.45 bits per heavy atom. The van der Waals surface area contributed by atoms with Crippen LogP contribution < -0.4 is 10.1 Å². The highest BCUT2D eigenvalue weighted by Crippen LogP contribution is 2.21. The van der Waals surface area contributed by atoms with Gasteiger partial charge in [-0.2, -0.15) is 0 Å². The van der Waals surface area contributed by atoms with Gasteiger partial charge in [0.2, 0.25) is 0 Å². The van der Waals surface area contributed by atoms with Crippen molar-refractivity contribution in [2.75, 3.05) is 20.3 Å². The number of rotatable bonds is 8. The lowest BCUT2D eigenvalue weighted by molar-refractivity contribution is 0.165. The first-order valence-electron chi connectivity index (χ1n) is 7.45. The minimum atomic E-state index is -0.625. The predicted octanol–water partition coefficient (Wildman–Crippen LogP) is 2.44. The van der Waals surface area contributed by atoms with Crippen LogP contribution in [0.2, 0.25) is 0 Å². The molecule has 2 atom stereocenters. The molecule has 0 aliphatic heterocycles. The van der Waals surface area contributed by atoms with Gasteiger partial charge in [0.05, 0.1) is 13.2 Å². The Balaban J connectivity index is 1.99. The zero-order chi connectivity index (χ0) is 15.8. The van der Waals surface area contributed by atoms with E-state index >= 15 is 0 Å². The highest BCUT2D eigenvalue weighted by atomic mass is 16.5. The van der Waals surface area contributed by atoms with Crippen molar-refractivity contribution < 1.29 is 14.9 Å². The fraction of sp³-hybridized carbons (Fsp3) is 0.333. The number of aliphatic hydroxyl groups is 2. The molecular weight excluding hydrogens is 278 g/mol. The number of nitrogens with one attached hydrogen (secondary N) is 1. The van der Waals surface area contributed by atoms with Crippen LogP contribution in [0.25, 0.3) is 0 Å². The highest BCUT2D eigenvalue weighted by molar-refractivity contribution is 5.30. The molecule has 22 heavy (non-hydrogen) atoms. The molecule has 2 aromatic rings. The second-order valence-corrected chi connectivity index (χ2v) is 5.18. The van der Waals surface area contributed by atoms with Crippen LogP contribution in [0, 0.1) is 0 Å². The molecule has 0 amide bonds. The summed E-state index contributed by atoms with van der Waals surface area (Å²) in [5.74, 6) is 0.728. The molecule has 0 fully saturated rings. The molecule has 0 saturated heterocycles. The van der Waals surface area contributed by atoms with Gasteiger partial charge in [0.25, 0.3) is 0 Å². The van der Waals surface area contributed by atoms with Crippen molar-refractivity contribution in [2.45, 2.75) is 18.6 Å². The highest BCUT2D eigenvalue weighted by Gasteiger charge is 2.14. The molecule has 2 rings (SSSR count). The maximum absolute atomic E-state index is 10.3. The number of hydrogen-bond donors (Lipinski definition) is 3. The fourth-order valence-electron chi connectivity index (χ4n) is 2.42. The Hall–Kier alpha value is -1.88. The van der Waals surface area contributed by atoms with E-state index in [1.807, 2.05) is 54.6 Å². The zero-order valence-corrected chi connectivity index (χ0v) is 12.8. The smallest absolute Gasteiger partial charge is 0.119 e. The second kappa shape index (κ2) is 8.54. The van der Waals surface area contributed by atoms with Crippen molar-refractivity contribution >= 4 is 0 Å². The molecule has 3 N–H and O–H groups in total. The predicted molar refractivity (Wildman–Crippen MR) is 86.8 cm³/mol. The average Bonchev–Trinajstić information content (AvgIpc) is 2.59. The van der Waals surface area contributed by atoms with Crippen LogP contribution in [0.4, 0.5) is 0 Å². The molecule has 4 nitrogen and oxygen atoms in total. The summed E-state index contributed by atoms with van der Waals surface area (Å²) in [6.45, 7) is 0.508. The van der Waals surface area contributed by atoms with Crippen molar-refractivity contribution in [1.29, 1.82) is 0 Å². The van der Waals surface area contributed by atoms with E-state index in [2.05, 4.69) is 5.32 Å². The second-order valence-electron chi connectivity index (χ2n) is 5.18. The van der Waals surface area contributed by atoms with Gasteiger partial charge in [0.15, 0.2) is 0 Å². The molecule has 0 aliphatic rings. The number of hydrogen-bond acceptors (Lipinski definition) is 4. The maximum atomic E-state index is 10.3. The topological polar surface area (TPSA) is 61.7 Å². The lowest BCUT2D eigenvalue weighted by Gasteiger charge is -2.21. The van der Waals surface area contributed by atoms with Crippen molar-refractivity contribution in [3.05, 3.63) is 65.7 Å². The summed E-state index contributed by atoms with van der Waals surface area (Å²) in [6.07, 6.45) is -0.0190. The number of methoxy groups -OCH3 is 1. The van der Waals surface area contributed by atoms with E-state index in [0.29, 0.717) is 13.0 Å². The van der Waals surface area contributed by atoms with E-state index in [0.717, 1.165) is 16.9 Å². The minimum absolute atomic E-state index is 0.0199. The summed E-state index contributed by atoms with van der Waals surface area (Å²) >= 11 is 0. The van der Waals surface area contributed by atoms with E-state index in [1.54, 1.807) is 7.11 Å². The molecule has 0 aromatic heterocycles. The van der Waals surface area contributed by atoms with E-state index in [-0.39, 0.29) is 12.6 Å². The van der Waals surface area contributed by atoms with E-state index in [4.69, 9.17) is 4.74 Å². The van der Waals surface area contributed by atoms with E-state index < -0.39 is 6.10 Å². The van der Waals surface area contributed by atoms with Gasteiger partial charge in [-0.05, 0) is 29.7 Å². The number of benzene rings is 2. The van der Waals surface area contributed by atoms with Crippen molar-refractivity contribution in [3.8, 4) is 5.75 Å². The molecule has 0 bridgehead atoms. The van der Waals surface area contributed by atoms with Gasteiger partial charge in [-0.15, -0.1) is 0 Å². The number of ether oxygens (including phenoxy) is 1. The van der Waals surface area contributed by atoms with Crippen molar-refractivity contribution in [1.82, 2.24) is 5.32 Å². The first kappa shape index (κ1) is 16.5. The third kappa shape index (κ3) is 4.56. The monoisotopic (exact) mass is 301 g/mol. The Kier molecular flexibility index (Phi) is 6.40. The summed E-state index contributed by atoms with van der Waals surface area (Å²) in [4.78, 5) is 0. The summed E-state index contributed by atoms with van der Waals surface area (Å²) < 4.78 is 5.17. The van der Waals surface area contributed by atoms with Gasteiger partial charge in [-0.25, -0.2) is 0 Å². The van der Waals surface area contributed by atoms with Crippen LogP contribution in [0.5, 0.6) is 5.75 Å². The molecule has 0 aliphatic carbocycles. The van der Waals surface area contributed by atoms with Crippen molar-refractivity contribution in [2.24, 2.45) is 0 Å². The Labute approximate surface area is 131 Å². The molecule has 0 radical (unpaired) electrons. The molecule has 4 heteroatoms. The van der Waals surface area contributed by atoms with Gasteiger partial charge >= 0.3 is 0 Å². The molecule has 0 spiro atoms. The van der Waals surface area contributed by atoms with Crippen molar-refractivity contribution in [3.63, 3.8) is 0 Å². The standard InChI is InChI=1S/C18H23NO3/c1-22-16-9-5-8-15(12-16)18(21)13-19-17(10-11-20)14-6-3-2-4-7-14/h2-9,12,17-21H,10-11,13H2,1H3. The fourth-order valence-corrected chi connectivity index (χ4v) is 2.42. The summed E-state index contributed by atoms with van der Waals surface area (Å²) in [6, 6.07) is 17.4. The SMILES string of the molecule is COc1cccc(C(O)CNC(CCO)c2ccccc2)c1. The first-order valence-corrected chi connectivity index (χ1v) is 7.45. The Morgan fingerprint density at radius 1 is 1.05 bits per heavy atom. The lowest BCUT2D eigenvalue weighted by Crippen LogP contribution is -2.27. The van der Waals surface area contributed by atoms with Gasteiger partial charge in [-0.1, -0.05) is 42.5 Å². The van der Waals surface area contributed by atoms with Gasteiger partial charge in [-0.3, -0.25) is 0 Å². The van der Waals surface area contributed by atoms with Crippen LogP contribution >= 0.6 is 0 Å². The van der Waals surface area contributed by atoms with Gasteiger partial charge in [0.1, 0.15) is 5.75 Å². The minimum Gasteiger partial charge on any atom is -0.497 e. The van der Waals surface area contributed by atoms with Crippen LogP contribution in [0.1, 0.15) is 29.7 Å². The molecule has 118 valence electrons. The first-order chi connectivity index (χ1) is 10.7. The molecular formula is C18H23NO3. The Bertz CT molecular complexity index is 559.